The van der Waals surface area contributed by atoms with Gasteiger partial charge in [0.2, 0.25) is 5.91 Å². The van der Waals surface area contributed by atoms with Gasteiger partial charge in [0.15, 0.2) is 0 Å². The van der Waals surface area contributed by atoms with Crippen LogP contribution in [0.4, 0.5) is 5.69 Å². The number of methoxy groups -OCH3 is 2. The van der Waals surface area contributed by atoms with Gasteiger partial charge in [-0.3, -0.25) is 4.79 Å². The maximum absolute atomic E-state index is 12.1. The summed E-state index contributed by atoms with van der Waals surface area (Å²) in [5, 5.41) is 2.87. The maximum Gasteiger partial charge on any atom is 0.225 e. The Balaban J connectivity index is 1.86. The second kappa shape index (κ2) is 8.84. The molecule has 0 unspecified atom stereocenters. The molecule has 0 aliphatic carbocycles. The minimum atomic E-state index is -0.0434. The lowest BCUT2D eigenvalue weighted by Crippen LogP contribution is -2.13. The van der Waals surface area contributed by atoms with E-state index in [4.69, 9.17) is 9.47 Å². The lowest BCUT2D eigenvalue weighted by molar-refractivity contribution is -0.115. The lowest BCUT2D eigenvalue weighted by atomic mass is 10.2. The fourth-order valence-electron chi connectivity index (χ4n) is 1.91. The predicted octanol–water partition coefficient (Wildman–Crippen LogP) is 4.59. The van der Waals surface area contributed by atoms with E-state index in [0.717, 1.165) is 9.37 Å². The van der Waals surface area contributed by atoms with Gasteiger partial charge in [-0.1, -0.05) is 15.9 Å². The van der Waals surface area contributed by atoms with E-state index in [1.807, 2.05) is 24.3 Å². The van der Waals surface area contributed by atoms with Crippen LogP contribution in [0.15, 0.2) is 51.8 Å². The Labute approximate surface area is 148 Å². The summed E-state index contributed by atoms with van der Waals surface area (Å²) in [6.07, 6.45) is 0.427. The average molecular weight is 396 g/mol. The van der Waals surface area contributed by atoms with Gasteiger partial charge >= 0.3 is 0 Å². The molecule has 1 N–H and O–H groups in total. The van der Waals surface area contributed by atoms with Gasteiger partial charge in [0.1, 0.15) is 11.5 Å². The van der Waals surface area contributed by atoms with Crippen LogP contribution < -0.4 is 14.8 Å². The molecule has 2 rings (SSSR count). The average Bonchev–Trinajstić information content (AvgIpc) is 2.57. The first-order chi connectivity index (χ1) is 11.1. The van der Waals surface area contributed by atoms with Gasteiger partial charge < -0.3 is 14.8 Å². The summed E-state index contributed by atoms with van der Waals surface area (Å²) in [6.45, 7) is 0. The molecule has 0 aromatic heterocycles. The quantitative estimate of drug-likeness (QED) is 0.696. The molecule has 2 aromatic carbocycles. The van der Waals surface area contributed by atoms with Crippen molar-refractivity contribution in [3.8, 4) is 11.5 Å². The van der Waals surface area contributed by atoms with E-state index >= 15 is 0 Å². The minimum Gasteiger partial charge on any atom is -0.497 e. The zero-order chi connectivity index (χ0) is 16.7. The van der Waals surface area contributed by atoms with E-state index < -0.39 is 0 Å². The van der Waals surface area contributed by atoms with Crippen molar-refractivity contribution < 1.29 is 14.3 Å². The third-order valence-electron chi connectivity index (χ3n) is 3.09. The molecule has 122 valence electrons. The number of amides is 1. The number of benzene rings is 2. The van der Waals surface area contributed by atoms with Gasteiger partial charge in [-0.15, -0.1) is 11.8 Å². The van der Waals surface area contributed by atoms with E-state index in [0.29, 0.717) is 29.4 Å². The first kappa shape index (κ1) is 17.7. The summed E-state index contributed by atoms with van der Waals surface area (Å²) in [7, 11) is 3.15. The van der Waals surface area contributed by atoms with Gasteiger partial charge in [-0.05, 0) is 36.4 Å². The number of anilines is 1. The first-order valence-electron chi connectivity index (χ1n) is 7.02. The van der Waals surface area contributed by atoms with E-state index in [1.165, 1.54) is 0 Å². The van der Waals surface area contributed by atoms with Gasteiger partial charge in [0.05, 0.1) is 19.9 Å². The fourth-order valence-corrected chi connectivity index (χ4v) is 3.02. The van der Waals surface area contributed by atoms with Gasteiger partial charge in [-0.2, -0.15) is 0 Å². The van der Waals surface area contributed by atoms with Gasteiger partial charge in [0, 0.05) is 27.6 Å². The van der Waals surface area contributed by atoms with Crippen LogP contribution in [0.25, 0.3) is 0 Å². The standard InChI is InChI=1S/C17H18BrNO3S/c1-21-13-5-8-15(16(11-13)22-2)19-17(20)9-10-23-14-6-3-12(18)4-7-14/h3-8,11H,9-10H2,1-2H3,(H,19,20). The number of carbonyl (C=O) groups is 1. The number of nitrogens with one attached hydrogen (secondary N) is 1. The number of carbonyl (C=O) groups excluding carboxylic acids is 1. The van der Waals surface area contributed by atoms with E-state index in [9.17, 15) is 4.79 Å². The summed E-state index contributed by atoms with van der Waals surface area (Å²) in [5.41, 5.74) is 0.645. The zero-order valence-electron chi connectivity index (χ0n) is 13.0. The third-order valence-corrected chi connectivity index (χ3v) is 4.64. The van der Waals surface area contributed by atoms with Crippen LogP contribution in [0.1, 0.15) is 6.42 Å². The van der Waals surface area contributed by atoms with Crippen molar-refractivity contribution >= 4 is 39.3 Å². The Hall–Kier alpha value is -1.66. The van der Waals surface area contributed by atoms with Crippen molar-refractivity contribution in [3.05, 3.63) is 46.9 Å². The molecule has 0 saturated carbocycles. The predicted molar refractivity (Wildman–Crippen MR) is 97.7 cm³/mol. The fraction of sp³-hybridized carbons (Fsp3) is 0.235. The highest BCUT2D eigenvalue weighted by molar-refractivity contribution is 9.10. The largest absolute Gasteiger partial charge is 0.497 e. The van der Waals surface area contributed by atoms with Crippen molar-refractivity contribution in [2.45, 2.75) is 11.3 Å². The molecule has 2 aromatic rings. The molecule has 0 atom stereocenters. The molecular formula is C17H18BrNO3S. The summed E-state index contributed by atoms with van der Waals surface area (Å²) in [6, 6.07) is 13.3. The normalized spacial score (nSPS) is 10.2. The monoisotopic (exact) mass is 395 g/mol. The number of thioether (sulfide) groups is 1. The molecule has 0 heterocycles. The van der Waals surface area contributed by atoms with Gasteiger partial charge in [-0.25, -0.2) is 0 Å². The van der Waals surface area contributed by atoms with Crippen LogP contribution in [0.3, 0.4) is 0 Å². The van der Waals surface area contributed by atoms with E-state index in [2.05, 4.69) is 21.2 Å². The SMILES string of the molecule is COc1ccc(NC(=O)CCSc2ccc(Br)cc2)c(OC)c1. The number of hydrogen-bond donors (Lipinski definition) is 1. The number of halogens is 1. The molecule has 1 amide bonds. The molecule has 6 heteroatoms. The van der Waals surface area contributed by atoms with Crippen molar-refractivity contribution in [2.24, 2.45) is 0 Å². The molecule has 0 aliphatic heterocycles. The summed E-state index contributed by atoms with van der Waals surface area (Å²) in [5.74, 6) is 1.94. The molecule has 0 fully saturated rings. The van der Waals surface area contributed by atoms with Crippen LogP contribution in [-0.4, -0.2) is 25.9 Å². The smallest absolute Gasteiger partial charge is 0.225 e. The van der Waals surface area contributed by atoms with Crippen LogP contribution in [0.5, 0.6) is 11.5 Å². The maximum atomic E-state index is 12.1. The molecule has 0 aliphatic rings. The Morgan fingerprint density at radius 3 is 2.52 bits per heavy atom. The highest BCUT2D eigenvalue weighted by atomic mass is 79.9. The van der Waals surface area contributed by atoms with Crippen LogP contribution in [-0.2, 0) is 4.79 Å². The Morgan fingerprint density at radius 2 is 1.87 bits per heavy atom. The second-order valence-corrected chi connectivity index (χ2v) is 6.75. The summed E-state index contributed by atoms with van der Waals surface area (Å²) in [4.78, 5) is 13.2. The zero-order valence-corrected chi connectivity index (χ0v) is 15.4. The first-order valence-corrected chi connectivity index (χ1v) is 8.80. The lowest BCUT2D eigenvalue weighted by Gasteiger charge is -2.11. The van der Waals surface area contributed by atoms with Crippen LogP contribution >= 0.6 is 27.7 Å². The summed E-state index contributed by atoms with van der Waals surface area (Å²) < 4.78 is 11.5. The Bertz CT molecular complexity index is 661. The third kappa shape index (κ3) is 5.48. The van der Waals surface area contributed by atoms with E-state index in [1.54, 1.807) is 44.2 Å². The second-order valence-electron chi connectivity index (χ2n) is 4.67. The molecule has 0 saturated heterocycles. The number of ether oxygens (including phenoxy) is 2. The van der Waals surface area contributed by atoms with Crippen LogP contribution in [0.2, 0.25) is 0 Å². The molecular weight excluding hydrogens is 378 g/mol. The van der Waals surface area contributed by atoms with Crippen molar-refractivity contribution in [2.75, 3.05) is 25.3 Å². The van der Waals surface area contributed by atoms with E-state index in [-0.39, 0.29) is 5.91 Å². The molecule has 0 spiro atoms. The molecule has 23 heavy (non-hydrogen) atoms. The Morgan fingerprint density at radius 1 is 1.13 bits per heavy atom. The molecule has 0 radical (unpaired) electrons. The van der Waals surface area contributed by atoms with Crippen LogP contribution in [0, 0.1) is 0 Å². The highest BCUT2D eigenvalue weighted by Crippen LogP contribution is 2.29. The topological polar surface area (TPSA) is 47.6 Å². The Kier molecular flexibility index (Phi) is 6.80. The van der Waals surface area contributed by atoms with Crippen molar-refractivity contribution in [1.29, 1.82) is 0 Å². The minimum absolute atomic E-state index is 0.0434. The number of hydrogen-bond acceptors (Lipinski definition) is 4. The van der Waals surface area contributed by atoms with Crippen molar-refractivity contribution in [1.82, 2.24) is 0 Å². The number of rotatable bonds is 7. The van der Waals surface area contributed by atoms with Gasteiger partial charge in [0.25, 0.3) is 0 Å². The molecule has 4 nitrogen and oxygen atoms in total. The van der Waals surface area contributed by atoms with Crippen molar-refractivity contribution in [3.63, 3.8) is 0 Å². The summed E-state index contributed by atoms with van der Waals surface area (Å²) >= 11 is 5.05. The molecule has 0 bridgehead atoms. The highest BCUT2D eigenvalue weighted by Gasteiger charge is 2.09.